The van der Waals surface area contributed by atoms with Crippen LogP contribution in [-0.4, -0.2) is 88.2 Å². The molecule has 13 nitrogen and oxygen atoms in total. The van der Waals surface area contributed by atoms with Gasteiger partial charge in [0.25, 0.3) is 0 Å². The summed E-state index contributed by atoms with van der Waals surface area (Å²) in [6, 6.07) is 3.43. The molecule has 0 saturated carbocycles. The quantitative estimate of drug-likeness (QED) is 0.0488. The molecule has 0 aliphatic heterocycles. The van der Waals surface area contributed by atoms with Crippen molar-refractivity contribution in [3.63, 3.8) is 0 Å². The topological polar surface area (TPSA) is 231 Å². The lowest BCUT2D eigenvalue weighted by Crippen LogP contribution is -2.58. The molecule has 40 heavy (non-hydrogen) atoms. The average Bonchev–Trinajstić information content (AvgIpc) is 3.33. The number of nitrogens with zero attached hydrogens (tertiary/aromatic N) is 1. The Kier molecular flexibility index (Phi) is 13.6. The molecule has 4 unspecified atom stereocenters. The standard InChI is InChI=1S/C25H38N8O5S2/c1-40-10-8-18(31-21(34)16(26)11-14-12-30-17-6-3-2-5-15(14)17)22(35)33-20(13-39)23(36)32-19(24(37)38)7-4-9-29-25(27)28/h2-3,5-6,12,16,18-20,30,39H,4,7-11,13,26H2,1H3,(H,31,34)(H,32,36)(H,33,35)(H,37,38)(H4,27,28,29). The number of fused-ring (bicyclic) bond motifs is 1. The molecule has 1 heterocycles. The molecule has 0 spiro atoms. The van der Waals surface area contributed by atoms with Crippen molar-refractivity contribution >= 4 is 64.9 Å². The van der Waals surface area contributed by atoms with E-state index < -0.39 is 47.9 Å². The third-order valence-corrected chi connectivity index (χ3v) is 7.08. The lowest BCUT2D eigenvalue weighted by atomic mass is 10.0. The zero-order valence-electron chi connectivity index (χ0n) is 22.3. The van der Waals surface area contributed by atoms with E-state index in [0.29, 0.717) is 18.6 Å². The number of carbonyl (C=O) groups is 4. The summed E-state index contributed by atoms with van der Waals surface area (Å²) in [4.78, 5) is 57.4. The summed E-state index contributed by atoms with van der Waals surface area (Å²) in [5.74, 6) is -2.72. The number of amides is 3. The van der Waals surface area contributed by atoms with Crippen LogP contribution in [0.4, 0.5) is 0 Å². The van der Waals surface area contributed by atoms with E-state index >= 15 is 0 Å². The fourth-order valence-corrected chi connectivity index (χ4v) is 4.64. The van der Waals surface area contributed by atoms with Crippen LogP contribution < -0.4 is 33.2 Å². The largest absolute Gasteiger partial charge is 0.480 e. The van der Waals surface area contributed by atoms with E-state index in [1.807, 2.05) is 30.5 Å². The summed E-state index contributed by atoms with van der Waals surface area (Å²) in [5.41, 5.74) is 18.5. The molecule has 11 N–H and O–H groups in total. The molecule has 0 fully saturated rings. The number of hydrogen-bond donors (Lipinski definition) is 9. The highest BCUT2D eigenvalue weighted by atomic mass is 32.2. The summed E-state index contributed by atoms with van der Waals surface area (Å²) in [7, 11) is 0. The van der Waals surface area contributed by atoms with Gasteiger partial charge in [0.05, 0.1) is 6.04 Å². The predicted octanol–water partition coefficient (Wildman–Crippen LogP) is -0.687. The van der Waals surface area contributed by atoms with Crippen molar-refractivity contribution in [2.75, 3.05) is 24.3 Å². The second-order valence-corrected chi connectivity index (χ2v) is 10.5. The minimum absolute atomic E-state index is 0.0752. The fourth-order valence-electron chi connectivity index (χ4n) is 3.91. The highest BCUT2D eigenvalue weighted by molar-refractivity contribution is 7.98. The average molecular weight is 595 g/mol. The van der Waals surface area contributed by atoms with E-state index in [1.165, 1.54) is 11.8 Å². The Labute approximate surface area is 242 Å². The SMILES string of the molecule is CSCCC(NC(=O)C(N)Cc1c[nH]c2ccccc12)C(=O)NC(CS)C(=O)NC(CCCN=C(N)N)C(=O)O. The van der Waals surface area contributed by atoms with E-state index in [2.05, 4.69) is 38.6 Å². The Morgan fingerprint density at radius 1 is 1.02 bits per heavy atom. The predicted molar refractivity (Wildman–Crippen MR) is 160 cm³/mol. The maximum atomic E-state index is 13.1. The number of hydrogen-bond acceptors (Lipinski definition) is 8. The summed E-state index contributed by atoms with van der Waals surface area (Å²) in [6.45, 7) is 0.202. The molecule has 0 saturated heterocycles. The molecule has 0 bridgehead atoms. The number of carbonyl (C=O) groups excluding carboxylic acids is 3. The summed E-state index contributed by atoms with van der Waals surface area (Å²) >= 11 is 5.64. The number of carboxylic acids is 1. The van der Waals surface area contributed by atoms with Crippen LogP contribution in [0.15, 0.2) is 35.5 Å². The maximum Gasteiger partial charge on any atom is 0.326 e. The highest BCUT2D eigenvalue weighted by Crippen LogP contribution is 2.19. The van der Waals surface area contributed by atoms with E-state index in [0.717, 1.165) is 16.5 Å². The molecule has 3 amide bonds. The van der Waals surface area contributed by atoms with E-state index in [1.54, 1.807) is 6.20 Å². The first-order chi connectivity index (χ1) is 19.1. The summed E-state index contributed by atoms with van der Waals surface area (Å²) in [6.07, 6.45) is 4.61. The van der Waals surface area contributed by atoms with Gasteiger partial charge in [-0.15, -0.1) is 0 Å². The first-order valence-corrected chi connectivity index (χ1v) is 14.7. The number of rotatable bonds is 17. The minimum atomic E-state index is -1.24. The smallest absolute Gasteiger partial charge is 0.326 e. The Morgan fingerprint density at radius 3 is 2.33 bits per heavy atom. The van der Waals surface area contributed by atoms with Gasteiger partial charge in [-0.25, -0.2) is 4.79 Å². The lowest BCUT2D eigenvalue weighted by molar-refractivity contribution is -0.142. The van der Waals surface area contributed by atoms with Crippen LogP contribution in [0, 0.1) is 0 Å². The van der Waals surface area contributed by atoms with Crippen LogP contribution in [0.3, 0.4) is 0 Å². The van der Waals surface area contributed by atoms with Crippen LogP contribution >= 0.6 is 24.4 Å². The van der Waals surface area contributed by atoms with E-state index in [9.17, 15) is 24.3 Å². The molecule has 2 aromatic rings. The van der Waals surface area contributed by atoms with Crippen LogP contribution in [-0.2, 0) is 25.6 Å². The molecule has 0 aliphatic carbocycles. The Bertz CT molecular complexity index is 1190. The second kappa shape index (κ2) is 16.6. The van der Waals surface area contributed by atoms with Crippen molar-refractivity contribution in [1.29, 1.82) is 0 Å². The molecule has 4 atom stereocenters. The van der Waals surface area contributed by atoms with Crippen LogP contribution in [0.5, 0.6) is 0 Å². The van der Waals surface area contributed by atoms with Gasteiger partial charge in [0, 0.05) is 29.4 Å². The number of aliphatic imine (C=N–C) groups is 1. The van der Waals surface area contributed by atoms with Crippen molar-refractivity contribution in [2.24, 2.45) is 22.2 Å². The number of nitrogens with two attached hydrogens (primary N) is 3. The Morgan fingerprint density at radius 2 is 1.68 bits per heavy atom. The van der Waals surface area contributed by atoms with Crippen LogP contribution in [0.2, 0.25) is 0 Å². The van der Waals surface area contributed by atoms with Gasteiger partial charge in [-0.2, -0.15) is 24.4 Å². The minimum Gasteiger partial charge on any atom is -0.480 e. The number of carboxylic acid groups (broad SMARTS) is 1. The van der Waals surface area contributed by atoms with Crippen molar-refractivity contribution in [3.8, 4) is 0 Å². The van der Waals surface area contributed by atoms with Crippen molar-refractivity contribution in [3.05, 3.63) is 36.0 Å². The van der Waals surface area contributed by atoms with Gasteiger partial charge in [-0.1, -0.05) is 18.2 Å². The van der Waals surface area contributed by atoms with Crippen molar-refractivity contribution < 1.29 is 24.3 Å². The molecule has 15 heteroatoms. The monoisotopic (exact) mass is 594 g/mol. The fraction of sp³-hybridized carbons (Fsp3) is 0.480. The molecule has 1 aromatic heterocycles. The maximum absolute atomic E-state index is 13.1. The van der Waals surface area contributed by atoms with Crippen molar-refractivity contribution in [1.82, 2.24) is 20.9 Å². The molecule has 1 aromatic carbocycles. The molecule has 2 rings (SSSR count). The number of aromatic amines is 1. The number of benzene rings is 1. The summed E-state index contributed by atoms with van der Waals surface area (Å²) in [5, 5.41) is 18.1. The van der Waals surface area contributed by atoms with Gasteiger partial charge >= 0.3 is 5.97 Å². The van der Waals surface area contributed by atoms with Crippen LogP contribution in [0.1, 0.15) is 24.8 Å². The molecule has 220 valence electrons. The number of para-hydroxylation sites is 1. The zero-order valence-corrected chi connectivity index (χ0v) is 24.0. The van der Waals surface area contributed by atoms with Gasteiger partial charge in [-0.05, 0) is 49.3 Å². The first kappa shape index (κ1) is 32.8. The van der Waals surface area contributed by atoms with Gasteiger partial charge in [0.1, 0.15) is 18.1 Å². The third-order valence-electron chi connectivity index (χ3n) is 6.07. The normalized spacial score (nSPS) is 14.0. The number of nitrogens with one attached hydrogen (secondary N) is 4. The lowest BCUT2D eigenvalue weighted by Gasteiger charge is -2.24. The number of H-pyrrole nitrogens is 1. The van der Waals surface area contributed by atoms with Gasteiger partial charge in [-0.3, -0.25) is 19.4 Å². The van der Waals surface area contributed by atoms with Crippen LogP contribution in [0.25, 0.3) is 10.9 Å². The number of thiol groups is 1. The number of aliphatic carboxylic acids is 1. The van der Waals surface area contributed by atoms with E-state index in [4.69, 9.17) is 17.2 Å². The highest BCUT2D eigenvalue weighted by Gasteiger charge is 2.29. The first-order valence-electron chi connectivity index (χ1n) is 12.7. The number of guanidine groups is 1. The van der Waals surface area contributed by atoms with Gasteiger partial charge < -0.3 is 43.2 Å². The molecule has 0 aliphatic rings. The Balaban J connectivity index is 2.01. The van der Waals surface area contributed by atoms with Crippen molar-refractivity contribution in [2.45, 2.75) is 49.9 Å². The van der Waals surface area contributed by atoms with Gasteiger partial charge in [0.15, 0.2) is 5.96 Å². The molecular formula is C25H38N8O5S2. The number of thioether (sulfide) groups is 1. The molecular weight excluding hydrogens is 556 g/mol. The summed E-state index contributed by atoms with van der Waals surface area (Å²) < 4.78 is 0. The molecule has 0 radical (unpaired) electrons. The van der Waals surface area contributed by atoms with E-state index in [-0.39, 0.29) is 31.1 Å². The zero-order chi connectivity index (χ0) is 29.7. The Hall–Kier alpha value is -3.43. The number of aromatic nitrogens is 1. The third kappa shape index (κ3) is 10.3. The second-order valence-electron chi connectivity index (χ2n) is 9.10. The van der Waals surface area contributed by atoms with Gasteiger partial charge in [0.2, 0.25) is 17.7 Å².